The number of aromatic amines is 1. The molecule has 0 amide bonds. The summed E-state index contributed by atoms with van der Waals surface area (Å²) in [5.74, 6) is 0.0942. The molecular formula is C12H10BrFN2O. The number of H-pyrrole nitrogens is 1. The first-order chi connectivity index (χ1) is 7.99. The number of halogens is 2. The first kappa shape index (κ1) is 12.0. The van der Waals surface area contributed by atoms with E-state index in [1.807, 2.05) is 0 Å². The van der Waals surface area contributed by atoms with Gasteiger partial charge in [-0.2, -0.15) is 0 Å². The second kappa shape index (κ2) is 4.41. The van der Waals surface area contributed by atoms with Crippen LogP contribution in [0, 0.1) is 19.7 Å². The van der Waals surface area contributed by atoms with Gasteiger partial charge in [0, 0.05) is 21.3 Å². The van der Waals surface area contributed by atoms with Gasteiger partial charge in [0.25, 0.3) is 5.56 Å². The van der Waals surface area contributed by atoms with Crippen LogP contribution in [0.5, 0.6) is 0 Å². The summed E-state index contributed by atoms with van der Waals surface area (Å²) in [4.78, 5) is 18.6. The summed E-state index contributed by atoms with van der Waals surface area (Å²) in [7, 11) is 0. The van der Waals surface area contributed by atoms with Crippen LogP contribution in [0.25, 0.3) is 11.4 Å². The van der Waals surface area contributed by atoms with Crippen molar-refractivity contribution in [2.75, 3.05) is 0 Å². The van der Waals surface area contributed by atoms with Gasteiger partial charge in [-0.15, -0.1) is 0 Å². The Bertz CT molecular complexity index is 637. The fourth-order valence-electron chi connectivity index (χ4n) is 1.45. The van der Waals surface area contributed by atoms with Crippen molar-refractivity contribution in [1.82, 2.24) is 9.97 Å². The third-order valence-corrected chi connectivity index (χ3v) is 3.24. The van der Waals surface area contributed by atoms with Gasteiger partial charge in [0.1, 0.15) is 11.6 Å². The minimum atomic E-state index is -0.341. The van der Waals surface area contributed by atoms with Crippen LogP contribution >= 0.6 is 15.9 Å². The lowest BCUT2D eigenvalue weighted by molar-refractivity contribution is 0.627. The summed E-state index contributed by atoms with van der Waals surface area (Å²) >= 11 is 3.25. The van der Waals surface area contributed by atoms with Crippen molar-refractivity contribution in [2.24, 2.45) is 0 Å². The zero-order valence-electron chi connectivity index (χ0n) is 9.34. The maximum atomic E-state index is 13.0. The standard InChI is InChI=1S/C12H10BrFN2O/c1-6-7(2)15-11(16-12(6)17)9-4-3-8(14)5-10(9)13/h3-5H,1-2H3,(H,15,16,17). The molecule has 0 saturated heterocycles. The Morgan fingerprint density at radius 3 is 2.65 bits per heavy atom. The Morgan fingerprint density at radius 2 is 2.06 bits per heavy atom. The number of rotatable bonds is 1. The summed E-state index contributed by atoms with van der Waals surface area (Å²) in [5.41, 5.74) is 1.74. The molecule has 0 fully saturated rings. The molecule has 2 rings (SSSR count). The van der Waals surface area contributed by atoms with Crippen molar-refractivity contribution in [1.29, 1.82) is 0 Å². The number of aryl methyl sites for hydroxylation is 1. The molecule has 5 heteroatoms. The molecule has 2 aromatic rings. The second-order valence-electron chi connectivity index (χ2n) is 3.75. The van der Waals surface area contributed by atoms with E-state index in [0.29, 0.717) is 27.1 Å². The fourth-order valence-corrected chi connectivity index (χ4v) is 1.99. The van der Waals surface area contributed by atoms with Crippen LogP contribution in [0.1, 0.15) is 11.3 Å². The summed E-state index contributed by atoms with van der Waals surface area (Å²) in [6.07, 6.45) is 0. The van der Waals surface area contributed by atoms with Gasteiger partial charge in [0.2, 0.25) is 0 Å². The molecule has 1 heterocycles. The largest absolute Gasteiger partial charge is 0.306 e. The number of nitrogens with one attached hydrogen (secondary N) is 1. The quantitative estimate of drug-likeness (QED) is 0.879. The maximum Gasteiger partial charge on any atom is 0.254 e. The Labute approximate surface area is 106 Å². The van der Waals surface area contributed by atoms with Crippen LogP contribution in [0.2, 0.25) is 0 Å². The Balaban J connectivity index is 2.65. The maximum absolute atomic E-state index is 13.0. The van der Waals surface area contributed by atoms with E-state index in [-0.39, 0.29) is 11.4 Å². The number of aromatic nitrogens is 2. The molecule has 1 aromatic heterocycles. The highest BCUT2D eigenvalue weighted by atomic mass is 79.9. The molecule has 88 valence electrons. The lowest BCUT2D eigenvalue weighted by Crippen LogP contribution is -2.14. The van der Waals surface area contributed by atoms with Crippen molar-refractivity contribution in [3.05, 3.63) is 50.1 Å². The normalized spacial score (nSPS) is 10.6. The zero-order chi connectivity index (χ0) is 12.6. The van der Waals surface area contributed by atoms with E-state index in [2.05, 4.69) is 25.9 Å². The SMILES string of the molecule is Cc1nc(-c2ccc(F)cc2Br)[nH]c(=O)c1C. The van der Waals surface area contributed by atoms with Gasteiger partial charge in [-0.25, -0.2) is 9.37 Å². The molecule has 17 heavy (non-hydrogen) atoms. The van der Waals surface area contributed by atoms with Gasteiger partial charge < -0.3 is 4.98 Å². The third kappa shape index (κ3) is 2.29. The first-order valence-corrected chi connectivity index (χ1v) is 5.81. The van der Waals surface area contributed by atoms with Crippen LogP contribution in [-0.2, 0) is 0 Å². The van der Waals surface area contributed by atoms with E-state index in [1.165, 1.54) is 12.1 Å². The number of benzene rings is 1. The Kier molecular flexibility index (Phi) is 3.11. The van der Waals surface area contributed by atoms with Crippen molar-refractivity contribution >= 4 is 15.9 Å². The molecule has 0 radical (unpaired) electrons. The highest BCUT2D eigenvalue weighted by Gasteiger charge is 2.09. The minimum Gasteiger partial charge on any atom is -0.306 e. The third-order valence-electron chi connectivity index (χ3n) is 2.58. The van der Waals surface area contributed by atoms with Crippen LogP contribution in [0.15, 0.2) is 27.5 Å². The topological polar surface area (TPSA) is 45.8 Å². The van der Waals surface area contributed by atoms with Gasteiger partial charge in [-0.1, -0.05) is 0 Å². The lowest BCUT2D eigenvalue weighted by Gasteiger charge is -2.06. The van der Waals surface area contributed by atoms with E-state index in [4.69, 9.17) is 0 Å². The zero-order valence-corrected chi connectivity index (χ0v) is 10.9. The predicted molar refractivity (Wildman–Crippen MR) is 67.4 cm³/mol. The van der Waals surface area contributed by atoms with Gasteiger partial charge in [-0.05, 0) is 48.0 Å². The van der Waals surface area contributed by atoms with Crippen molar-refractivity contribution in [3.63, 3.8) is 0 Å². The van der Waals surface area contributed by atoms with E-state index in [0.717, 1.165) is 0 Å². The molecule has 3 nitrogen and oxygen atoms in total. The molecule has 0 saturated carbocycles. The summed E-state index contributed by atoms with van der Waals surface area (Å²) in [5, 5.41) is 0. The molecule has 0 aliphatic carbocycles. The fraction of sp³-hybridized carbons (Fsp3) is 0.167. The molecule has 1 N–H and O–H groups in total. The number of nitrogens with zero attached hydrogens (tertiary/aromatic N) is 1. The smallest absolute Gasteiger partial charge is 0.254 e. The number of hydrogen-bond acceptors (Lipinski definition) is 2. The van der Waals surface area contributed by atoms with E-state index >= 15 is 0 Å². The molecule has 0 aliphatic rings. The Hall–Kier alpha value is -1.49. The minimum absolute atomic E-state index is 0.177. The van der Waals surface area contributed by atoms with Crippen LogP contribution < -0.4 is 5.56 Å². The molecule has 0 bridgehead atoms. The summed E-state index contributed by atoms with van der Waals surface area (Å²) in [6, 6.07) is 4.24. The molecule has 1 aromatic carbocycles. The van der Waals surface area contributed by atoms with E-state index < -0.39 is 0 Å². The highest BCUT2D eigenvalue weighted by molar-refractivity contribution is 9.10. The van der Waals surface area contributed by atoms with Crippen LogP contribution in [0.3, 0.4) is 0 Å². The van der Waals surface area contributed by atoms with E-state index in [1.54, 1.807) is 19.9 Å². The van der Waals surface area contributed by atoms with Gasteiger partial charge in [-0.3, -0.25) is 4.79 Å². The van der Waals surface area contributed by atoms with Gasteiger partial charge >= 0.3 is 0 Å². The van der Waals surface area contributed by atoms with Crippen LogP contribution in [0.4, 0.5) is 4.39 Å². The predicted octanol–water partition coefficient (Wildman–Crippen LogP) is 2.96. The molecule has 0 spiro atoms. The molecular weight excluding hydrogens is 287 g/mol. The highest BCUT2D eigenvalue weighted by Crippen LogP contribution is 2.25. The van der Waals surface area contributed by atoms with Gasteiger partial charge in [0.15, 0.2) is 0 Å². The molecule has 0 aliphatic heterocycles. The lowest BCUT2D eigenvalue weighted by atomic mass is 10.2. The Morgan fingerprint density at radius 1 is 1.35 bits per heavy atom. The average molecular weight is 297 g/mol. The van der Waals surface area contributed by atoms with Crippen molar-refractivity contribution in [2.45, 2.75) is 13.8 Å². The van der Waals surface area contributed by atoms with Crippen molar-refractivity contribution in [3.8, 4) is 11.4 Å². The first-order valence-electron chi connectivity index (χ1n) is 5.02. The summed E-state index contributed by atoms with van der Waals surface area (Å²) < 4.78 is 13.5. The molecule has 0 atom stereocenters. The number of hydrogen-bond donors (Lipinski definition) is 1. The van der Waals surface area contributed by atoms with Crippen molar-refractivity contribution < 1.29 is 4.39 Å². The second-order valence-corrected chi connectivity index (χ2v) is 4.60. The van der Waals surface area contributed by atoms with Gasteiger partial charge in [0.05, 0.1) is 0 Å². The average Bonchev–Trinajstić information content (AvgIpc) is 2.25. The monoisotopic (exact) mass is 296 g/mol. The van der Waals surface area contributed by atoms with Crippen LogP contribution in [-0.4, -0.2) is 9.97 Å². The summed E-state index contributed by atoms with van der Waals surface area (Å²) in [6.45, 7) is 3.48. The molecule has 0 unspecified atom stereocenters. The van der Waals surface area contributed by atoms with E-state index in [9.17, 15) is 9.18 Å².